The fraction of sp³-hybridized carbons (Fsp3) is 0.167. The maximum Gasteiger partial charge on any atom is 0.100 e. The minimum atomic E-state index is -0.753. The van der Waals surface area contributed by atoms with Gasteiger partial charge in [-0.2, -0.15) is 0 Å². The Kier molecular flexibility index (Phi) is 12.3. The molecule has 0 atom stereocenters. The molecule has 7 nitrogen and oxygen atoms in total. The Morgan fingerprint density at radius 2 is 0.304 bits per heavy atom. The number of H-pyrrole nitrogens is 6. The van der Waals surface area contributed by atoms with E-state index in [1.165, 1.54) is 0 Å². The van der Waals surface area contributed by atoms with Crippen LogP contribution in [0.4, 0.5) is 0 Å². The van der Waals surface area contributed by atoms with Crippen molar-refractivity contribution in [1.29, 1.82) is 0 Å². The Bertz CT molecular complexity index is 3320. The molecule has 392 valence electrons. The highest BCUT2D eigenvalue weighted by molar-refractivity contribution is 5.62. The lowest BCUT2D eigenvalue weighted by molar-refractivity contribution is 0.574. The predicted molar refractivity (Wildman–Crippen MR) is 320 cm³/mol. The molecule has 6 aromatic heterocycles. The standard InChI is InChI=1S/C72H66N6.H2O/c1-67(2)55-37-43-61(73-55)70(49-25-13-7-14-26-49,50-27-15-8-16-28-50)63-45-39-57(75-63)68(3,4)59-41-47-65(77-59)72(53-33-21-11-22-34-53,54-35-23-12-24-36-54)66-48-42-60(78-66)69(5,6)58-40-46-64(76-58)71(51-29-17-9-18-30-51,52-31-19-10-20-32-52)62-44-38-56(67)74-62;/h7-48,73-78H,1-6H3;1H2. The van der Waals surface area contributed by atoms with Gasteiger partial charge in [0, 0.05) is 84.6 Å². The van der Waals surface area contributed by atoms with E-state index in [4.69, 9.17) is 0 Å². The summed E-state index contributed by atoms with van der Waals surface area (Å²) in [5.74, 6) is 0. The van der Waals surface area contributed by atoms with Crippen molar-refractivity contribution < 1.29 is 5.48 Å². The van der Waals surface area contributed by atoms with Gasteiger partial charge in [-0.05, 0) is 148 Å². The molecular formula is C72H68N6O. The molecule has 0 amide bonds. The van der Waals surface area contributed by atoms with Gasteiger partial charge < -0.3 is 35.4 Å². The Balaban J connectivity index is 0.00000623. The van der Waals surface area contributed by atoms with Crippen molar-refractivity contribution >= 4 is 0 Å². The highest BCUT2D eigenvalue weighted by Crippen LogP contribution is 2.51. The Morgan fingerprint density at radius 3 is 0.443 bits per heavy atom. The molecule has 7 heteroatoms. The molecule has 12 aromatic rings. The van der Waals surface area contributed by atoms with Gasteiger partial charge in [-0.25, -0.2) is 0 Å². The lowest BCUT2D eigenvalue weighted by Crippen LogP contribution is -2.34. The number of hydrogen-bond acceptors (Lipinski definition) is 0. The molecular weight excluding hydrogens is 965 g/mol. The fourth-order valence-electron chi connectivity index (χ4n) is 13.2. The zero-order chi connectivity index (χ0) is 53.3. The summed E-state index contributed by atoms with van der Waals surface area (Å²) in [5.41, 5.74) is 16.2. The van der Waals surface area contributed by atoms with E-state index in [9.17, 15) is 0 Å². The third kappa shape index (κ3) is 7.66. The van der Waals surface area contributed by atoms with Gasteiger partial charge in [0.2, 0.25) is 0 Å². The zero-order valence-corrected chi connectivity index (χ0v) is 45.7. The normalized spacial score (nSPS) is 16.5. The van der Waals surface area contributed by atoms with Crippen LogP contribution in [0.25, 0.3) is 0 Å². The van der Waals surface area contributed by atoms with Gasteiger partial charge in [-0.3, -0.25) is 0 Å². The van der Waals surface area contributed by atoms with E-state index in [1.54, 1.807) is 0 Å². The van der Waals surface area contributed by atoms with Crippen LogP contribution in [0.5, 0.6) is 0 Å². The maximum atomic E-state index is 4.14. The molecule has 1 aliphatic heterocycles. The molecule has 79 heavy (non-hydrogen) atoms. The molecule has 6 aromatic carbocycles. The lowest BCUT2D eigenvalue weighted by Gasteiger charge is -2.36. The van der Waals surface area contributed by atoms with Crippen LogP contribution < -0.4 is 0 Å². The first-order valence-corrected chi connectivity index (χ1v) is 27.4. The summed E-state index contributed by atoms with van der Waals surface area (Å²) in [4.78, 5) is 24.8. The van der Waals surface area contributed by atoms with Crippen molar-refractivity contribution in [2.75, 3.05) is 0 Å². The van der Waals surface area contributed by atoms with Gasteiger partial charge in [0.25, 0.3) is 0 Å². The summed E-state index contributed by atoms with van der Waals surface area (Å²) in [7, 11) is 0. The van der Waals surface area contributed by atoms with Crippen molar-refractivity contribution in [3.63, 3.8) is 0 Å². The highest BCUT2D eigenvalue weighted by atomic mass is 16.0. The van der Waals surface area contributed by atoms with E-state index in [1.807, 2.05) is 0 Å². The van der Waals surface area contributed by atoms with Gasteiger partial charge in [0.15, 0.2) is 0 Å². The molecule has 0 saturated carbocycles. The average molecular weight is 1030 g/mol. The second-order valence-electron chi connectivity index (χ2n) is 23.0. The molecule has 0 fully saturated rings. The van der Waals surface area contributed by atoms with Crippen LogP contribution in [-0.2, 0) is 32.5 Å². The molecule has 0 saturated heterocycles. The highest BCUT2D eigenvalue weighted by Gasteiger charge is 2.47. The third-order valence-electron chi connectivity index (χ3n) is 17.8. The van der Waals surface area contributed by atoms with Crippen molar-refractivity contribution in [1.82, 2.24) is 29.9 Å². The monoisotopic (exact) mass is 1030 g/mol. The number of aromatic nitrogens is 6. The smallest absolute Gasteiger partial charge is 0.100 e. The SMILES string of the molecule is CC1(C)c2ccc([nH]2)C(c2ccccc2)(c2ccccc2)c2ccc([nH]2)C(C)(C)c2ccc([nH]2)C(c2ccccc2)(c2ccccc2)c2ccc([nH]2)C(C)(C)c2ccc([nH]2)C(c2ccccc2)(c2ccccc2)c2ccc1[nH]2.O. The van der Waals surface area contributed by atoms with Crippen molar-refractivity contribution in [2.24, 2.45) is 0 Å². The maximum absolute atomic E-state index is 4.14. The first kappa shape index (κ1) is 50.8. The first-order valence-electron chi connectivity index (χ1n) is 27.4. The fourth-order valence-corrected chi connectivity index (χ4v) is 13.2. The number of nitrogens with one attached hydrogen (secondary N) is 6. The van der Waals surface area contributed by atoms with Crippen LogP contribution in [0, 0.1) is 0 Å². The summed E-state index contributed by atoms with van der Waals surface area (Å²) in [6.45, 7) is 14.0. The Labute approximate surface area is 463 Å². The molecule has 1 aliphatic rings. The molecule has 0 aliphatic carbocycles. The number of fused-ring (bicyclic) bond motifs is 12. The summed E-state index contributed by atoms with van der Waals surface area (Å²) >= 11 is 0. The minimum Gasteiger partial charge on any atom is -0.412 e. The molecule has 12 bridgehead atoms. The van der Waals surface area contributed by atoms with Gasteiger partial charge in [-0.15, -0.1) is 0 Å². The molecule has 7 heterocycles. The Hall–Kier alpha value is -9.04. The van der Waals surface area contributed by atoms with E-state index in [2.05, 4.69) is 326 Å². The van der Waals surface area contributed by atoms with E-state index in [0.717, 1.165) is 102 Å². The van der Waals surface area contributed by atoms with E-state index in [0.29, 0.717) is 0 Å². The van der Waals surface area contributed by atoms with Crippen LogP contribution >= 0.6 is 0 Å². The average Bonchev–Trinajstić information content (AvgIpc) is 4.55. The zero-order valence-electron chi connectivity index (χ0n) is 45.7. The van der Waals surface area contributed by atoms with Gasteiger partial charge >= 0.3 is 0 Å². The largest absolute Gasteiger partial charge is 0.412 e. The van der Waals surface area contributed by atoms with Gasteiger partial charge in [0.1, 0.15) is 16.2 Å². The third-order valence-corrected chi connectivity index (χ3v) is 17.8. The minimum absolute atomic E-state index is 0. The summed E-state index contributed by atoms with van der Waals surface area (Å²) in [6.07, 6.45) is 0. The van der Waals surface area contributed by atoms with Crippen LogP contribution in [-0.4, -0.2) is 35.4 Å². The lowest BCUT2D eigenvalue weighted by atomic mass is 9.69. The molecule has 0 radical (unpaired) electrons. The van der Waals surface area contributed by atoms with Crippen LogP contribution in [0.2, 0.25) is 0 Å². The number of aromatic amines is 6. The molecule has 0 spiro atoms. The van der Waals surface area contributed by atoms with Crippen molar-refractivity contribution in [3.8, 4) is 0 Å². The molecule has 8 N–H and O–H groups in total. The predicted octanol–water partition coefficient (Wildman–Crippen LogP) is 15.3. The van der Waals surface area contributed by atoms with Gasteiger partial charge in [0.05, 0.1) is 0 Å². The first-order chi connectivity index (χ1) is 37.9. The summed E-state index contributed by atoms with van der Waals surface area (Å²) in [5, 5.41) is 0. The van der Waals surface area contributed by atoms with Crippen LogP contribution in [0.1, 0.15) is 143 Å². The topological polar surface area (TPSA) is 126 Å². The molecule has 0 unspecified atom stereocenters. The molecule has 13 rings (SSSR count). The van der Waals surface area contributed by atoms with Crippen molar-refractivity contribution in [2.45, 2.75) is 74.0 Å². The van der Waals surface area contributed by atoms with Crippen LogP contribution in [0.15, 0.2) is 255 Å². The number of benzene rings is 6. The van der Waals surface area contributed by atoms with E-state index < -0.39 is 32.5 Å². The Morgan fingerprint density at radius 1 is 0.177 bits per heavy atom. The van der Waals surface area contributed by atoms with E-state index in [-0.39, 0.29) is 5.48 Å². The van der Waals surface area contributed by atoms with Gasteiger partial charge in [-0.1, -0.05) is 182 Å². The number of hydrogen-bond donors (Lipinski definition) is 6. The quantitative estimate of drug-likeness (QED) is 0.0949. The summed E-state index contributed by atoms with van der Waals surface area (Å²) < 4.78 is 0. The second-order valence-corrected chi connectivity index (χ2v) is 23.0. The second kappa shape index (κ2) is 19.2. The van der Waals surface area contributed by atoms with E-state index >= 15 is 0 Å². The van der Waals surface area contributed by atoms with Crippen molar-refractivity contribution in [3.05, 3.63) is 356 Å². The summed E-state index contributed by atoms with van der Waals surface area (Å²) in [6, 6.07) is 93.5. The van der Waals surface area contributed by atoms with Crippen LogP contribution in [0.3, 0.4) is 0 Å². The number of rotatable bonds is 6.